The molecule has 0 aliphatic rings. The molecule has 0 spiro atoms. The first-order chi connectivity index (χ1) is 34.9. The minimum Gasteiger partial charge on any atom is 4.00 e. The maximum Gasteiger partial charge on any atom is 4.00 e. The summed E-state index contributed by atoms with van der Waals surface area (Å²) in [6, 6.07) is 13.4. The van der Waals surface area contributed by atoms with Crippen LogP contribution >= 0.6 is 9.42 Å². The maximum absolute atomic E-state index is 13.5. The van der Waals surface area contributed by atoms with Crippen LogP contribution in [0.2, 0.25) is 0 Å². The third-order valence-corrected chi connectivity index (χ3v) is 9.42. The number of benzene rings is 2. The molecule has 0 amide bonds. The second-order valence-electron chi connectivity index (χ2n) is 16.6. The van der Waals surface area contributed by atoms with E-state index in [1.54, 1.807) is 118 Å². The van der Waals surface area contributed by atoms with Crippen molar-refractivity contribution in [3.63, 3.8) is 0 Å². The molecule has 0 aliphatic heterocycles. The van der Waals surface area contributed by atoms with Gasteiger partial charge >= 0.3 is 66.7 Å². The van der Waals surface area contributed by atoms with Crippen LogP contribution in [0.15, 0.2) is 92.2 Å². The van der Waals surface area contributed by atoms with Crippen LogP contribution in [0.25, 0.3) is 44.0 Å². The zero-order valence-electron chi connectivity index (χ0n) is 46.3. The Morgan fingerprint density at radius 2 is 1.04 bits per heavy atom. The van der Waals surface area contributed by atoms with E-state index in [1.165, 1.54) is 18.6 Å². The molecule has 0 unspecified atom stereocenters. The molecular weight excluding hydrogens is 1240 g/mol. The molecule has 74 heavy (non-hydrogen) atoms. The van der Waals surface area contributed by atoms with Gasteiger partial charge in [-0.3, -0.25) is 0 Å². The van der Waals surface area contributed by atoms with E-state index in [1.807, 2.05) is 52.4 Å². The number of hydrogen-bond donors (Lipinski definition) is 0. The van der Waals surface area contributed by atoms with Crippen LogP contribution in [0.4, 0.5) is 26.3 Å². The van der Waals surface area contributed by atoms with Gasteiger partial charge in [-0.25, -0.2) is 15.2 Å². The Morgan fingerprint density at radius 3 is 1.55 bits per heavy atom. The van der Waals surface area contributed by atoms with Crippen LogP contribution in [-0.2, 0) is 83.3 Å². The minimum atomic E-state index is -4.44. The van der Waals surface area contributed by atoms with Gasteiger partial charge in [-0.2, -0.15) is 107 Å². The SMILES string of the molecule is CCC.CCCCc1[c-]n(-c2[c-]c(-n3[c-][n+](CCCC)cc3)cc(C(F)(F)F)c2)cc1.CCCCc1ccn(-c2cc(-n3cc[n+](CCCC)c3)cc(C(F)(F)F)c2)c1.C[N-]C.C[N-]C.C[N-]C.C[N-]C.[Cl][Pt].[Zr+4]. The van der Waals surface area contributed by atoms with Gasteiger partial charge in [-0.05, 0) is 55.9 Å². The van der Waals surface area contributed by atoms with Crippen molar-refractivity contribution in [1.29, 1.82) is 0 Å². The average Bonchev–Trinajstić information content (AvgIpc) is 4.22. The second-order valence-corrected chi connectivity index (χ2v) is 16.6. The van der Waals surface area contributed by atoms with Crippen molar-refractivity contribution in [2.75, 3.05) is 56.4 Å². The van der Waals surface area contributed by atoms with Crippen molar-refractivity contribution >= 4 is 9.42 Å². The Balaban J connectivity index is -0.00000104. The van der Waals surface area contributed by atoms with Gasteiger partial charge in [-0.15, -0.1) is 11.8 Å². The quantitative estimate of drug-likeness (QED) is 0.0525. The van der Waals surface area contributed by atoms with Crippen LogP contribution in [0.3, 0.4) is 0 Å². The van der Waals surface area contributed by atoms with Crippen LogP contribution in [0, 0.1) is 18.6 Å². The number of alkyl halides is 6. The van der Waals surface area contributed by atoms with Gasteiger partial charge in [0, 0.05) is 36.5 Å². The summed E-state index contributed by atoms with van der Waals surface area (Å²) in [5.74, 6) is 0. The monoisotopic (exact) mass is 1320 g/mol. The third-order valence-electron chi connectivity index (χ3n) is 9.42. The molecule has 4 aromatic heterocycles. The normalized spacial score (nSPS) is 10.3. The molecule has 0 N–H and O–H groups in total. The number of aryl methyl sites for hydroxylation is 4. The predicted octanol–water partition coefficient (Wildman–Crippen LogP) is 15.4. The number of unbranched alkanes of at least 4 members (excludes halogenated alkanes) is 4. The van der Waals surface area contributed by atoms with Crippen LogP contribution in [0.1, 0.15) is 122 Å². The Kier molecular flexibility index (Phi) is 45.4. The molecule has 6 rings (SSSR count). The van der Waals surface area contributed by atoms with Crippen LogP contribution < -0.4 is 9.13 Å². The summed E-state index contributed by atoms with van der Waals surface area (Å²) < 4.78 is 91.4. The molecule has 6 aromatic rings. The third kappa shape index (κ3) is 31.1. The Hall–Kier alpha value is -3.30. The molecule has 0 fully saturated rings. The summed E-state index contributed by atoms with van der Waals surface area (Å²) in [7, 11) is 18.6. The zero-order valence-corrected chi connectivity index (χ0v) is 51.8. The summed E-state index contributed by atoms with van der Waals surface area (Å²) in [4.78, 5) is 0. The summed E-state index contributed by atoms with van der Waals surface area (Å²) in [6.45, 7) is 14.3. The van der Waals surface area contributed by atoms with Gasteiger partial charge in [0.05, 0.1) is 18.7 Å². The molecule has 0 aliphatic carbocycles. The van der Waals surface area contributed by atoms with Crippen molar-refractivity contribution in [2.24, 2.45) is 0 Å². The Labute approximate surface area is 476 Å². The molecule has 417 valence electrons. The minimum absolute atomic E-state index is 0. The summed E-state index contributed by atoms with van der Waals surface area (Å²) in [5.41, 5.74) is 2.41. The standard InChI is InChI=1S/C22H27F3N3.C22H24F3N3.C3H8.4C2H6N.ClH.Pt.Zr/c2*1-3-5-7-18-8-10-27(16-18)20-13-19(22(23,24)25)14-21(15-20)28-12-11-26(17-28)9-6-4-2;5*1-3-2;;;/h8,10-17H,3-7,9H2,1-2H3;8,10-14H,3-7,9H2,1-2H3;3H2,1-2H3;4*1-2H3;1H;;/q+1;-2;;4*-1;;+1;+4/p-1. The van der Waals surface area contributed by atoms with E-state index in [0.717, 1.165) is 101 Å². The predicted molar refractivity (Wildman–Crippen MR) is 287 cm³/mol. The smallest absolute Gasteiger partial charge is 4.00 e. The summed E-state index contributed by atoms with van der Waals surface area (Å²) >= 11 is 1.61. The van der Waals surface area contributed by atoms with Crippen molar-refractivity contribution < 1.29 is 80.5 Å². The van der Waals surface area contributed by atoms with Gasteiger partial charge in [-0.1, -0.05) is 97.5 Å². The van der Waals surface area contributed by atoms with Gasteiger partial charge in [0.1, 0.15) is 18.1 Å². The maximum atomic E-state index is 13.5. The van der Waals surface area contributed by atoms with E-state index in [9.17, 15) is 26.3 Å². The molecule has 4 heterocycles. The number of nitrogens with zero attached hydrogens (tertiary/aromatic N) is 10. The number of halogens is 7. The first-order valence-corrected chi connectivity index (χ1v) is 27.5. The summed E-state index contributed by atoms with van der Waals surface area (Å²) in [6.07, 6.45) is 23.3. The fourth-order valence-electron chi connectivity index (χ4n) is 6.15. The van der Waals surface area contributed by atoms with Crippen molar-refractivity contribution in [3.05, 3.63) is 154 Å². The molecular formula is C55H83ClF6N10PtZr-. The van der Waals surface area contributed by atoms with Crippen molar-refractivity contribution in [2.45, 2.75) is 138 Å². The molecule has 0 saturated heterocycles. The van der Waals surface area contributed by atoms with Gasteiger partial charge in [0.2, 0.25) is 12.7 Å². The number of aromatic nitrogens is 6. The Bertz CT molecular complexity index is 1950. The van der Waals surface area contributed by atoms with E-state index < -0.39 is 23.5 Å². The first-order valence-electron chi connectivity index (χ1n) is 24.6. The van der Waals surface area contributed by atoms with E-state index in [2.05, 4.69) is 90.8 Å². The zero-order chi connectivity index (χ0) is 55.8. The molecule has 10 nitrogen and oxygen atoms in total. The van der Waals surface area contributed by atoms with Gasteiger partial charge in [0.25, 0.3) is 0 Å². The van der Waals surface area contributed by atoms with Crippen molar-refractivity contribution in [1.82, 2.24) is 18.3 Å². The summed E-state index contributed by atoms with van der Waals surface area (Å²) in [5, 5.41) is 14.0. The van der Waals surface area contributed by atoms with E-state index in [0.29, 0.717) is 22.7 Å². The van der Waals surface area contributed by atoms with Crippen LogP contribution in [-0.4, -0.2) is 74.6 Å². The number of rotatable bonds is 16. The van der Waals surface area contributed by atoms with Gasteiger partial charge < -0.3 is 39.5 Å². The van der Waals surface area contributed by atoms with Crippen LogP contribution in [0.5, 0.6) is 0 Å². The molecule has 0 atom stereocenters. The fraction of sp³-hybridized carbons (Fsp3) is 0.527. The number of hydrogen-bond acceptors (Lipinski definition) is 0. The second kappa shape index (κ2) is 44.8. The molecule has 19 heteroatoms. The van der Waals surface area contributed by atoms with E-state index in [-0.39, 0.29) is 26.2 Å². The van der Waals surface area contributed by atoms with Crippen molar-refractivity contribution in [3.8, 4) is 22.7 Å². The number of imidazole rings is 2. The largest absolute Gasteiger partial charge is 4.00 e. The average molecular weight is 1320 g/mol. The van der Waals surface area contributed by atoms with E-state index in [4.69, 9.17) is 0 Å². The van der Waals surface area contributed by atoms with Gasteiger partial charge in [0.15, 0.2) is 0 Å². The molecule has 2 aromatic carbocycles. The molecule has 0 bridgehead atoms. The topological polar surface area (TPSA) is 83.9 Å². The van der Waals surface area contributed by atoms with E-state index >= 15 is 0 Å². The fourth-order valence-corrected chi connectivity index (χ4v) is 6.15. The molecule has 0 saturated carbocycles. The Morgan fingerprint density at radius 1 is 0.568 bits per heavy atom. The molecule has 0 radical (unpaired) electrons. The first kappa shape index (κ1) is 74.9.